The summed E-state index contributed by atoms with van der Waals surface area (Å²) in [6.45, 7) is 3.22. The summed E-state index contributed by atoms with van der Waals surface area (Å²) in [5.41, 5.74) is 6.02. The number of nitrogens with zero attached hydrogens (tertiary/aromatic N) is 3. The molecule has 30 heavy (non-hydrogen) atoms. The zero-order valence-corrected chi connectivity index (χ0v) is 18.2. The van der Waals surface area contributed by atoms with Crippen LogP contribution in [0.3, 0.4) is 0 Å². The van der Waals surface area contributed by atoms with Gasteiger partial charge < -0.3 is 20.7 Å². The van der Waals surface area contributed by atoms with Crippen LogP contribution in [0, 0.1) is 5.92 Å². The summed E-state index contributed by atoms with van der Waals surface area (Å²) in [6.07, 6.45) is 6.01. The average molecular weight is 442 g/mol. The van der Waals surface area contributed by atoms with E-state index in [0.29, 0.717) is 5.69 Å². The molecule has 0 spiro atoms. The van der Waals surface area contributed by atoms with Crippen LogP contribution in [-0.4, -0.2) is 54.7 Å². The number of carbonyl (C=O) groups is 1. The van der Waals surface area contributed by atoms with Gasteiger partial charge in [0, 0.05) is 23.9 Å². The minimum atomic E-state index is -4.24. The summed E-state index contributed by atoms with van der Waals surface area (Å²) >= 11 is 0. The molecule has 166 valence electrons. The molecule has 1 aromatic rings. The number of urea groups is 1. The van der Waals surface area contributed by atoms with Crippen molar-refractivity contribution in [2.45, 2.75) is 38.1 Å². The van der Waals surface area contributed by atoms with Crippen LogP contribution in [0.5, 0.6) is 0 Å². The van der Waals surface area contributed by atoms with E-state index in [0.717, 1.165) is 6.92 Å². The molecule has 1 aliphatic heterocycles. The molecule has 0 radical (unpaired) electrons. The van der Waals surface area contributed by atoms with Crippen LogP contribution < -0.4 is 11.1 Å². The topological polar surface area (TPSA) is 128 Å². The second-order valence-electron chi connectivity index (χ2n) is 7.07. The summed E-state index contributed by atoms with van der Waals surface area (Å²) in [7, 11) is -2.88. The van der Waals surface area contributed by atoms with Crippen LogP contribution in [0.4, 0.5) is 14.9 Å². The first-order chi connectivity index (χ1) is 14.1. The van der Waals surface area contributed by atoms with Crippen LogP contribution in [0.15, 0.2) is 41.4 Å². The predicted molar refractivity (Wildman–Crippen MR) is 111 cm³/mol. The van der Waals surface area contributed by atoms with Gasteiger partial charge in [-0.15, -0.1) is 0 Å². The molecule has 2 heterocycles. The molecule has 9 nitrogen and oxygen atoms in total. The van der Waals surface area contributed by atoms with E-state index in [1.165, 1.54) is 36.6 Å². The van der Waals surface area contributed by atoms with E-state index >= 15 is 4.39 Å². The molecule has 0 bridgehead atoms. The fraction of sp³-hybridized carbons (Fsp3) is 0.526. The lowest BCUT2D eigenvalue weighted by molar-refractivity contribution is 0.118. The van der Waals surface area contributed by atoms with Crippen molar-refractivity contribution >= 4 is 21.6 Å². The first kappa shape index (κ1) is 23.6. The summed E-state index contributed by atoms with van der Waals surface area (Å²) in [5.74, 6) is -0.715. The third kappa shape index (κ3) is 5.26. The molecule has 2 amide bonds. The number of rotatable bonds is 7. The number of piperidine rings is 1. The molecule has 0 saturated carbocycles. The van der Waals surface area contributed by atoms with Gasteiger partial charge in [0.25, 0.3) is 0 Å². The Morgan fingerprint density at radius 2 is 2.07 bits per heavy atom. The van der Waals surface area contributed by atoms with Crippen molar-refractivity contribution in [3.8, 4) is 0 Å². The molecule has 2 rings (SSSR count). The number of alkyl halides is 1. The molecule has 1 aliphatic rings. The van der Waals surface area contributed by atoms with Crippen molar-refractivity contribution in [2.24, 2.45) is 11.7 Å². The Hall–Kier alpha value is -2.69. The van der Waals surface area contributed by atoms with Gasteiger partial charge >= 0.3 is 6.03 Å². The Kier molecular flexibility index (Phi) is 7.77. The van der Waals surface area contributed by atoms with Gasteiger partial charge in [0.15, 0.2) is 5.88 Å². The van der Waals surface area contributed by atoms with Crippen LogP contribution in [-0.2, 0) is 14.6 Å². The third-order valence-corrected chi connectivity index (χ3v) is 7.73. The van der Waals surface area contributed by atoms with Crippen LogP contribution in [0.2, 0.25) is 0 Å². The summed E-state index contributed by atoms with van der Waals surface area (Å²) in [6, 6.07) is 1.26. The van der Waals surface area contributed by atoms with Crippen molar-refractivity contribution in [2.75, 3.05) is 25.5 Å². The lowest BCUT2D eigenvalue weighted by Gasteiger charge is -2.37. The number of carbonyl (C=O) groups excluding carboxylic acids is 1. The van der Waals surface area contributed by atoms with Gasteiger partial charge in [-0.1, -0.05) is 6.92 Å². The van der Waals surface area contributed by atoms with E-state index in [-0.39, 0.29) is 49.2 Å². The van der Waals surface area contributed by atoms with Crippen molar-refractivity contribution in [3.63, 3.8) is 0 Å². The maximum Gasteiger partial charge on any atom is 0.321 e. The Balaban J connectivity index is 2.08. The van der Waals surface area contributed by atoms with Gasteiger partial charge in [0.2, 0.25) is 14.8 Å². The zero-order valence-electron chi connectivity index (χ0n) is 17.3. The smallest absolute Gasteiger partial charge is 0.321 e. The number of hydrogen-bond donors (Lipinski definition) is 2. The first-order valence-electron chi connectivity index (χ1n) is 9.60. The molecule has 1 aromatic heterocycles. The molecule has 3 N–H and O–H groups in total. The molecule has 0 aliphatic carbocycles. The van der Waals surface area contributed by atoms with Gasteiger partial charge in [0.1, 0.15) is 0 Å². The molecule has 0 aromatic carbocycles. The van der Waals surface area contributed by atoms with Gasteiger partial charge in [-0.25, -0.2) is 17.6 Å². The van der Waals surface area contributed by atoms with E-state index in [2.05, 4.69) is 15.5 Å². The van der Waals surface area contributed by atoms with Gasteiger partial charge in [-0.05, 0) is 44.4 Å². The number of ether oxygens (including phenoxy) is 1. The number of nitrogens with two attached hydrogens (primary N) is 1. The van der Waals surface area contributed by atoms with Gasteiger partial charge in [0.05, 0.1) is 25.2 Å². The van der Waals surface area contributed by atoms with E-state index in [9.17, 15) is 13.2 Å². The van der Waals surface area contributed by atoms with E-state index in [1.807, 2.05) is 0 Å². The second kappa shape index (κ2) is 9.88. The number of halogens is 1. The van der Waals surface area contributed by atoms with Gasteiger partial charge in [-0.3, -0.25) is 0 Å². The maximum atomic E-state index is 15.6. The predicted octanol–water partition coefficient (Wildman–Crippen LogP) is 2.56. The number of methoxy groups -OCH3 is 1. The number of nitrogens with one attached hydrogen (secondary N) is 1. The van der Waals surface area contributed by atoms with E-state index < -0.39 is 20.8 Å². The highest BCUT2D eigenvalue weighted by Gasteiger charge is 2.48. The summed E-state index contributed by atoms with van der Waals surface area (Å²) in [5, 5.41) is 7.54. The lowest BCUT2D eigenvalue weighted by atomic mass is 9.92. The fourth-order valence-corrected chi connectivity index (χ4v) is 5.10. The molecule has 1 saturated heterocycles. The van der Waals surface area contributed by atoms with Crippen molar-refractivity contribution < 1.29 is 22.3 Å². The Labute approximate surface area is 176 Å². The Morgan fingerprint density at radius 3 is 2.60 bits per heavy atom. The number of hydrogen-bond acceptors (Lipinski definition) is 7. The van der Waals surface area contributed by atoms with Crippen molar-refractivity contribution in [1.29, 1.82) is 0 Å². The standard InChI is InChI=1S/C19H28FN5O4S/c1-4-16(5-6-17(21)29-3)30(27,28)19(2,20)14-8-11-25(12-9-14)18(26)24-15-7-10-22-23-13-15/h5-7,10,13-14H,4,8-9,11-12,21H2,1-3H3,(H,22,24,26)/b16-5+,17-6+. The highest BCUT2D eigenvalue weighted by Crippen LogP contribution is 2.40. The summed E-state index contributed by atoms with van der Waals surface area (Å²) in [4.78, 5) is 13.8. The minimum Gasteiger partial charge on any atom is -0.483 e. The van der Waals surface area contributed by atoms with Crippen LogP contribution in [0.1, 0.15) is 33.1 Å². The van der Waals surface area contributed by atoms with E-state index in [4.69, 9.17) is 10.5 Å². The number of amides is 2. The fourth-order valence-electron chi connectivity index (χ4n) is 3.28. The molecule has 1 atom stereocenters. The largest absolute Gasteiger partial charge is 0.483 e. The number of allylic oxidation sites excluding steroid dienone is 3. The maximum absolute atomic E-state index is 15.6. The SMILES string of the molecule is CC/C(=C\C=C(/N)OC)S(=O)(=O)C(C)(F)C1CCN(C(=O)Nc2ccnnc2)CC1. The number of likely N-dealkylation sites (tertiary alicyclic amines) is 1. The molecular formula is C19H28FN5O4S. The number of aromatic nitrogens is 2. The number of sulfone groups is 1. The van der Waals surface area contributed by atoms with Crippen LogP contribution in [0.25, 0.3) is 0 Å². The van der Waals surface area contributed by atoms with Crippen molar-refractivity contribution in [3.05, 3.63) is 41.4 Å². The molecule has 11 heteroatoms. The molecular weight excluding hydrogens is 413 g/mol. The lowest BCUT2D eigenvalue weighted by Crippen LogP contribution is -2.48. The minimum absolute atomic E-state index is 0.0282. The summed E-state index contributed by atoms with van der Waals surface area (Å²) < 4.78 is 46.4. The van der Waals surface area contributed by atoms with Gasteiger partial charge in [-0.2, -0.15) is 10.2 Å². The highest BCUT2D eigenvalue weighted by molar-refractivity contribution is 7.96. The average Bonchev–Trinajstić information content (AvgIpc) is 2.74. The van der Waals surface area contributed by atoms with Crippen LogP contribution >= 0.6 is 0 Å². The van der Waals surface area contributed by atoms with E-state index in [1.54, 1.807) is 13.0 Å². The Bertz CT molecular complexity index is 895. The monoisotopic (exact) mass is 441 g/mol. The first-order valence-corrected chi connectivity index (χ1v) is 11.1. The number of anilines is 1. The molecule has 1 fully saturated rings. The highest BCUT2D eigenvalue weighted by atomic mass is 32.2. The van der Waals surface area contributed by atoms with Crippen molar-refractivity contribution in [1.82, 2.24) is 15.1 Å². The molecule has 1 unspecified atom stereocenters. The third-order valence-electron chi connectivity index (χ3n) is 5.24. The second-order valence-corrected chi connectivity index (χ2v) is 9.40. The zero-order chi connectivity index (χ0) is 22.4. The normalized spacial score (nSPS) is 18.6. The Morgan fingerprint density at radius 1 is 1.40 bits per heavy atom. The quantitative estimate of drug-likeness (QED) is 0.492.